The zero-order valence-corrected chi connectivity index (χ0v) is 51.7. The van der Waals surface area contributed by atoms with Crippen molar-refractivity contribution in [3.05, 3.63) is 85.1 Å². The number of hydrogen-bond donors (Lipinski definition) is 0. The number of carbonyl (C=O) groups excluding carboxylic acids is 3. The minimum absolute atomic E-state index is 0.0863. The summed E-state index contributed by atoms with van der Waals surface area (Å²) in [7, 11) is 0. The van der Waals surface area contributed by atoms with E-state index in [4.69, 9.17) is 14.2 Å². The molecule has 0 aromatic heterocycles. The maximum Gasteiger partial charge on any atom is 0.306 e. The Kier molecular flexibility index (Phi) is 63.2. The lowest BCUT2D eigenvalue weighted by Gasteiger charge is -2.18. The fourth-order valence-electron chi connectivity index (χ4n) is 9.62. The molecule has 6 heteroatoms. The van der Waals surface area contributed by atoms with E-state index >= 15 is 0 Å². The molecule has 0 aromatic rings. The highest BCUT2D eigenvalue weighted by atomic mass is 16.6. The molecule has 0 aliphatic heterocycles. The first-order chi connectivity index (χ1) is 38.5. The first-order valence-corrected chi connectivity index (χ1v) is 33.6. The lowest BCUT2D eigenvalue weighted by atomic mass is 10.0. The topological polar surface area (TPSA) is 78.9 Å². The summed E-state index contributed by atoms with van der Waals surface area (Å²) in [6.45, 7) is 6.51. The molecule has 0 aliphatic rings. The van der Waals surface area contributed by atoms with E-state index in [1.807, 2.05) is 0 Å². The third kappa shape index (κ3) is 63.4. The van der Waals surface area contributed by atoms with Crippen molar-refractivity contribution >= 4 is 17.9 Å². The van der Waals surface area contributed by atoms with Crippen molar-refractivity contribution in [2.24, 2.45) is 0 Å². The van der Waals surface area contributed by atoms with Crippen molar-refractivity contribution in [1.82, 2.24) is 0 Å². The Morgan fingerprint density at radius 2 is 0.500 bits per heavy atom. The lowest BCUT2D eigenvalue weighted by molar-refractivity contribution is -0.167. The molecular weight excluding hydrogens is 961 g/mol. The number of hydrogen-bond acceptors (Lipinski definition) is 6. The highest BCUT2D eigenvalue weighted by molar-refractivity contribution is 5.71. The van der Waals surface area contributed by atoms with Crippen molar-refractivity contribution in [1.29, 1.82) is 0 Å². The summed E-state index contributed by atoms with van der Waals surface area (Å²) < 4.78 is 16.9. The number of unbranched alkanes of at least 4 members (excludes halogenated alkanes) is 36. The molecule has 450 valence electrons. The first kappa shape index (κ1) is 74.6. The van der Waals surface area contributed by atoms with Gasteiger partial charge in [-0.05, 0) is 96.3 Å². The Bertz CT molecular complexity index is 1480. The summed E-state index contributed by atoms with van der Waals surface area (Å²) in [6, 6.07) is 0. The lowest BCUT2D eigenvalue weighted by Crippen LogP contribution is -2.30. The molecule has 0 bridgehead atoms. The average Bonchev–Trinajstić information content (AvgIpc) is 3.44. The fourth-order valence-corrected chi connectivity index (χ4v) is 9.62. The molecule has 0 spiro atoms. The monoisotopic (exact) mass is 1090 g/mol. The van der Waals surface area contributed by atoms with Gasteiger partial charge in [0.15, 0.2) is 6.10 Å². The Balaban J connectivity index is 4.17. The van der Waals surface area contributed by atoms with E-state index in [9.17, 15) is 14.4 Å². The standard InChI is InChI=1S/C72H126O6/c1-4-7-10-13-16-19-22-24-26-28-30-31-32-33-34-35-36-37-38-39-40-41-43-44-46-48-50-53-56-59-62-65-71(74)77-68-69(67-76-70(73)64-61-58-55-52-21-18-15-12-9-6-3)78-72(75)66-63-60-57-54-51-49-47-45-42-29-27-25-23-20-17-14-11-8-5-2/h8,11,17,20,22,24-25,27-28,30,42,45,49,51,69H,4-7,9-10,12-16,18-19,21,23,26,29,31-41,43-44,46-48,50,52-68H2,1-3H3/b11-8-,20-17-,24-22-,27-25-,30-28-,45-42-,51-49-. The molecule has 1 unspecified atom stereocenters. The number of allylic oxidation sites excluding steroid dienone is 14. The van der Waals surface area contributed by atoms with E-state index < -0.39 is 6.10 Å². The maximum absolute atomic E-state index is 12.9. The number of rotatable bonds is 61. The Morgan fingerprint density at radius 3 is 0.795 bits per heavy atom. The van der Waals surface area contributed by atoms with Crippen LogP contribution in [0.4, 0.5) is 0 Å². The Labute approximate surface area is 484 Å². The van der Waals surface area contributed by atoms with Crippen molar-refractivity contribution < 1.29 is 28.6 Å². The summed E-state index contributed by atoms with van der Waals surface area (Å²) >= 11 is 0. The van der Waals surface area contributed by atoms with Crippen molar-refractivity contribution in [3.8, 4) is 0 Å². The van der Waals surface area contributed by atoms with Gasteiger partial charge in [-0.15, -0.1) is 0 Å². The molecule has 0 amide bonds. The van der Waals surface area contributed by atoms with Gasteiger partial charge >= 0.3 is 17.9 Å². The molecule has 6 nitrogen and oxygen atoms in total. The quantitative estimate of drug-likeness (QED) is 0.0261. The number of ether oxygens (including phenoxy) is 3. The van der Waals surface area contributed by atoms with Crippen molar-refractivity contribution in [2.75, 3.05) is 13.2 Å². The van der Waals surface area contributed by atoms with Gasteiger partial charge in [0, 0.05) is 19.3 Å². The summed E-state index contributed by atoms with van der Waals surface area (Å²) in [5.74, 6) is -0.906. The van der Waals surface area contributed by atoms with Crippen LogP contribution in [-0.4, -0.2) is 37.2 Å². The highest BCUT2D eigenvalue weighted by Gasteiger charge is 2.19. The van der Waals surface area contributed by atoms with Crippen LogP contribution in [0.3, 0.4) is 0 Å². The van der Waals surface area contributed by atoms with Gasteiger partial charge in [-0.3, -0.25) is 14.4 Å². The molecule has 0 fully saturated rings. The molecule has 1 atom stereocenters. The minimum Gasteiger partial charge on any atom is -0.462 e. The van der Waals surface area contributed by atoms with E-state index in [0.29, 0.717) is 19.3 Å². The molecule has 0 N–H and O–H groups in total. The van der Waals surface area contributed by atoms with Crippen molar-refractivity contribution in [2.45, 2.75) is 341 Å². The van der Waals surface area contributed by atoms with Gasteiger partial charge in [0.05, 0.1) is 0 Å². The summed E-state index contributed by atoms with van der Waals surface area (Å²) in [6.07, 6.45) is 87.6. The molecule has 0 aromatic carbocycles. The van der Waals surface area contributed by atoms with Crippen LogP contribution in [0.15, 0.2) is 85.1 Å². The van der Waals surface area contributed by atoms with Crippen LogP contribution in [-0.2, 0) is 28.6 Å². The van der Waals surface area contributed by atoms with Crippen LogP contribution in [0.25, 0.3) is 0 Å². The van der Waals surface area contributed by atoms with Crippen LogP contribution < -0.4 is 0 Å². The first-order valence-electron chi connectivity index (χ1n) is 33.6. The second-order valence-electron chi connectivity index (χ2n) is 22.4. The van der Waals surface area contributed by atoms with E-state index in [-0.39, 0.29) is 31.1 Å². The van der Waals surface area contributed by atoms with Gasteiger partial charge < -0.3 is 14.2 Å². The summed E-state index contributed by atoms with van der Waals surface area (Å²) in [5, 5.41) is 0. The normalized spacial score (nSPS) is 12.6. The van der Waals surface area contributed by atoms with E-state index in [1.54, 1.807) is 0 Å². The fraction of sp³-hybridized carbons (Fsp3) is 0.764. The van der Waals surface area contributed by atoms with E-state index in [2.05, 4.69) is 106 Å². The average molecular weight is 1090 g/mol. The largest absolute Gasteiger partial charge is 0.462 e. The highest BCUT2D eigenvalue weighted by Crippen LogP contribution is 2.17. The SMILES string of the molecule is CC/C=C\C/C=C\C/C=C\C/C=C\C/C=C\CCCCCC(=O)OC(COC(=O)CCCCCCCCCCCC)COC(=O)CCCCCCCCCCCCCCCCCCCCC/C=C\C/C=C\CCCCCCC. The van der Waals surface area contributed by atoms with Crippen LogP contribution in [0.2, 0.25) is 0 Å². The van der Waals surface area contributed by atoms with Gasteiger partial charge in [-0.2, -0.15) is 0 Å². The van der Waals surface area contributed by atoms with Gasteiger partial charge in [-0.25, -0.2) is 0 Å². The van der Waals surface area contributed by atoms with Gasteiger partial charge in [0.2, 0.25) is 0 Å². The predicted molar refractivity (Wildman–Crippen MR) is 339 cm³/mol. The van der Waals surface area contributed by atoms with Crippen LogP contribution in [0.1, 0.15) is 335 Å². The van der Waals surface area contributed by atoms with Crippen molar-refractivity contribution in [3.63, 3.8) is 0 Å². The zero-order valence-electron chi connectivity index (χ0n) is 51.7. The van der Waals surface area contributed by atoms with E-state index in [1.165, 1.54) is 193 Å². The maximum atomic E-state index is 12.9. The zero-order chi connectivity index (χ0) is 56.4. The molecule has 0 saturated heterocycles. The Hall–Kier alpha value is -3.41. The molecule has 0 radical (unpaired) electrons. The predicted octanol–water partition coefficient (Wildman–Crippen LogP) is 23.1. The molecule has 0 heterocycles. The van der Waals surface area contributed by atoms with Crippen LogP contribution in [0.5, 0.6) is 0 Å². The molecule has 78 heavy (non-hydrogen) atoms. The van der Waals surface area contributed by atoms with Crippen LogP contribution in [0, 0.1) is 0 Å². The molecular formula is C72H126O6. The molecule has 0 aliphatic carbocycles. The minimum atomic E-state index is -0.792. The molecule has 0 saturated carbocycles. The van der Waals surface area contributed by atoms with Gasteiger partial charge in [0.25, 0.3) is 0 Å². The second kappa shape index (κ2) is 66.1. The smallest absolute Gasteiger partial charge is 0.306 e. The third-order valence-corrected chi connectivity index (χ3v) is 14.6. The van der Waals surface area contributed by atoms with E-state index in [0.717, 1.165) is 103 Å². The third-order valence-electron chi connectivity index (χ3n) is 14.6. The van der Waals surface area contributed by atoms with Gasteiger partial charge in [0.1, 0.15) is 13.2 Å². The van der Waals surface area contributed by atoms with Gasteiger partial charge in [-0.1, -0.05) is 305 Å². The number of carbonyl (C=O) groups is 3. The van der Waals surface area contributed by atoms with Crippen LogP contribution >= 0.6 is 0 Å². The summed E-state index contributed by atoms with van der Waals surface area (Å²) in [4.78, 5) is 38.2. The Morgan fingerprint density at radius 1 is 0.269 bits per heavy atom. The second-order valence-corrected chi connectivity index (χ2v) is 22.4. The molecule has 0 rings (SSSR count). The number of esters is 3. The summed E-state index contributed by atoms with van der Waals surface area (Å²) in [5.41, 5.74) is 0.